The highest BCUT2D eigenvalue weighted by Crippen LogP contribution is 2.24. The van der Waals surface area contributed by atoms with Gasteiger partial charge in [0.1, 0.15) is 0 Å². The molecule has 0 aliphatic heterocycles. The number of benzene rings is 1. The van der Waals surface area contributed by atoms with E-state index in [1.807, 2.05) is 31.2 Å². The Morgan fingerprint density at radius 1 is 1.26 bits per heavy atom. The molecular weight excluding hydrogens is 273 g/mol. The molecule has 0 saturated heterocycles. The quantitative estimate of drug-likeness (QED) is 0.458. The van der Waals surface area contributed by atoms with Crippen molar-refractivity contribution in [3.63, 3.8) is 0 Å². The Balaban J connectivity index is 2.30. The van der Waals surface area contributed by atoms with E-state index in [9.17, 15) is 13.2 Å². The minimum atomic E-state index is -4.08. The monoisotopic (exact) mass is 292 g/mol. The van der Waals surface area contributed by atoms with Crippen LogP contribution in [-0.2, 0) is 0 Å². The van der Waals surface area contributed by atoms with Crippen LogP contribution in [0.15, 0.2) is 29.2 Å². The molecule has 3 N–H and O–H groups in total. The van der Waals surface area contributed by atoms with Gasteiger partial charge in [-0.05, 0) is 31.9 Å². The summed E-state index contributed by atoms with van der Waals surface area (Å²) in [6, 6.07) is 7.92. The molecule has 1 aromatic carbocycles. The number of aryl methyl sites for hydroxylation is 1. The van der Waals surface area contributed by atoms with E-state index >= 15 is 0 Å². The number of halogens is 3. The average Bonchev–Trinajstić information content (AvgIpc) is 2.34. The number of hydrogen-bond donors (Lipinski definition) is 2. The molecule has 19 heavy (non-hydrogen) atoms. The molecule has 0 aliphatic rings. The first kappa shape index (κ1) is 16.3. The van der Waals surface area contributed by atoms with Crippen molar-refractivity contribution in [1.82, 2.24) is 5.43 Å². The Labute approximate surface area is 115 Å². The van der Waals surface area contributed by atoms with Gasteiger partial charge in [0.25, 0.3) is 0 Å². The lowest BCUT2D eigenvalue weighted by molar-refractivity contribution is -0.135. The van der Waals surface area contributed by atoms with Crippen LogP contribution in [0.3, 0.4) is 0 Å². The minimum absolute atomic E-state index is 0.103. The molecule has 0 saturated carbocycles. The lowest BCUT2D eigenvalue weighted by atomic mass is 10.1. The molecule has 0 spiro atoms. The van der Waals surface area contributed by atoms with Crippen molar-refractivity contribution in [2.24, 2.45) is 5.84 Å². The van der Waals surface area contributed by atoms with Gasteiger partial charge in [-0.3, -0.25) is 11.3 Å². The Hall–Kier alpha value is -0.720. The van der Waals surface area contributed by atoms with Gasteiger partial charge in [-0.1, -0.05) is 17.7 Å². The van der Waals surface area contributed by atoms with Gasteiger partial charge < -0.3 is 0 Å². The first-order chi connectivity index (χ1) is 8.90. The summed E-state index contributed by atoms with van der Waals surface area (Å²) in [5.41, 5.74) is 3.77. The fourth-order valence-corrected chi connectivity index (χ4v) is 2.58. The highest BCUT2D eigenvalue weighted by atomic mass is 32.2. The number of rotatable bonds is 7. The van der Waals surface area contributed by atoms with Gasteiger partial charge in [-0.2, -0.15) is 13.2 Å². The molecule has 0 bridgehead atoms. The van der Waals surface area contributed by atoms with Crippen molar-refractivity contribution in [2.45, 2.75) is 43.3 Å². The van der Waals surface area contributed by atoms with Crippen LogP contribution in [0.5, 0.6) is 0 Å². The molecule has 2 nitrogen and oxygen atoms in total. The predicted molar refractivity (Wildman–Crippen MR) is 72.9 cm³/mol. The topological polar surface area (TPSA) is 38.0 Å². The van der Waals surface area contributed by atoms with Crippen molar-refractivity contribution in [3.05, 3.63) is 29.8 Å². The van der Waals surface area contributed by atoms with E-state index in [0.29, 0.717) is 12.2 Å². The second kappa shape index (κ2) is 7.77. The lowest BCUT2D eigenvalue weighted by Gasteiger charge is -2.16. The Bertz CT molecular complexity index is 365. The molecule has 1 rings (SSSR count). The van der Waals surface area contributed by atoms with Crippen molar-refractivity contribution < 1.29 is 13.2 Å². The Kier molecular flexibility index (Phi) is 6.68. The molecular formula is C13H19F3N2S. The summed E-state index contributed by atoms with van der Waals surface area (Å²) in [7, 11) is 0. The highest BCUT2D eigenvalue weighted by molar-refractivity contribution is 7.99. The zero-order valence-electron chi connectivity index (χ0n) is 10.8. The summed E-state index contributed by atoms with van der Waals surface area (Å²) in [6.45, 7) is 2.01. The van der Waals surface area contributed by atoms with E-state index in [0.717, 1.165) is 4.90 Å². The first-order valence-electron chi connectivity index (χ1n) is 6.13. The van der Waals surface area contributed by atoms with Crippen molar-refractivity contribution in [1.29, 1.82) is 0 Å². The molecule has 1 unspecified atom stereocenters. The zero-order chi connectivity index (χ0) is 14.3. The summed E-state index contributed by atoms with van der Waals surface area (Å²) in [5.74, 6) is 6.03. The number of nitrogens with one attached hydrogen (secondary N) is 1. The SMILES string of the molecule is Cc1ccc(SCC(CCCC(F)(F)F)NN)cc1. The Morgan fingerprint density at radius 3 is 2.42 bits per heavy atom. The van der Waals surface area contributed by atoms with E-state index in [4.69, 9.17) is 5.84 Å². The lowest BCUT2D eigenvalue weighted by Crippen LogP contribution is -2.37. The number of hydrazine groups is 1. The summed E-state index contributed by atoms with van der Waals surface area (Å²) < 4.78 is 36.1. The molecule has 0 aromatic heterocycles. The largest absolute Gasteiger partial charge is 0.389 e. The van der Waals surface area contributed by atoms with Gasteiger partial charge in [0, 0.05) is 23.1 Å². The van der Waals surface area contributed by atoms with Crippen molar-refractivity contribution >= 4 is 11.8 Å². The maximum Gasteiger partial charge on any atom is 0.389 e. The molecule has 0 radical (unpaired) electrons. The summed E-state index contributed by atoms with van der Waals surface area (Å²) in [6.07, 6.45) is -4.30. The van der Waals surface area contributed by atoms with Crippen LogP contribution < -0.4 is 11.3 Å². The van der Waals surface area contributed by atoms with E-state index in [1.165, 1.54) is 5.56 Å². The number of hydrogen-bond acceptors (Lipinski definition) is 3. The molecule has 0 heterocycles. The van der Waals surface area contributed by atoms with Gasteiger partial charge in [-0.25, -0.2) is 0 Å². The third kappa shape index (κ3) is 7.44. The molecule has 1 atom stereocenters. The van der Waals surface area contributed by atoms with Gasteiger partial charge in [-0.15, -0.1) is 11.8 Å². The third-order valence-corrected chi connectivity index (χ3v) is 3.90. The smallest absolute Gasteiger partial charge is 0.271 e. The van der Waals surface area contributed by atoms with Gasteiger partial charge in [0.2, 0.25) is 0 Å². The van der Waals surface area contributed by atoms with Crippen LogP contribution in [-0.4, -0.2) is 18.0 Å². The molecule has 108 valence electrons. The molecule has 6 heteroatoms. The molecule has 0 aliphatic carbocycles. The average molecular weight is 292 g/mol. The fourth-order valence-electron chi connectivity index (χ4n) is 1.59. The predicted octanol–water partition coefficient (Wildman–Crippen LogP) is 3.65. The van der Waals surface area contributed by atoms with Crippen LogP contribution >= 0.6 is 11.8 Å². The van der Waals surface area contributed by atoms with E-state index in [2.05, 4.69) is 5.43 Å². The van der Waals surface area contributed by atoms with Gasteiger partial charge in [0.05, 0.1) is 0 Å². The van der Waals surface area contributed by atoms with Crippen LogP contribution in [0.1, 0.15) is 24.8 Å². The van der Waals surface area contributed by atoms with E-state index in [1.54, 1.807) is 11.8 Å². The number of alkyl halides is 3. The second-order valence-corrected chi connectivity index (χ2v) is 5.59. The van der Waals surface area contributed by atoms with Gasteiger partial charge in [0.15, 0.2) is 0 Å². The maximum absolute atomic E-state index is 12.0. The third-order valence-electron chi connectivity index (χ3n) is 2.72. The van der Waals surface area contributed by atoms with Gasteiger partial charge >= 0.3 is 6.18 Å². The Morgan fingerprint density at radius 2 is 1.89 bits per heavy atom. The van der Waals surface area contributed by atoms with Crippen LogP contribution in [0.2, 0.25) is 0 Å². The van der Waals surface area contributed by atoms with Crippen LogP contribution in [0.4, 0.5) is 13.2 Å². The summed E-state index contributed by atoms with van der Waals surface area (Å²) >= 11 is 1.60. The summed E-state index contributed by atoms with van der Waals surface area (Å²) in [4.78, 5) is 1.10. The number of nitrogens with two attached hydrogens (primary N) is 1. The standard InChI is InChI=1S/C13H19F3N2S/c1-10-4-6-12(7-5-10)19-9-11(18-17)3-2-8-13(14,15)16/h4-7,11,18H,2-3,8-9,17H2,1H3. The van der Waals surface area contributed by atoms with Crippen molar-refractivity contribution in [3.8, 4) is 0 Å². The normalized spacial score (nSPS) is 13.5. The fraction of sp³-hybridized carbons (Fsp3) is 0.538. The number of thioether (sulfide) groups is 1. The zero-order valence-corrected chi connectivity index (χ0v) is 11.7. The van der Waals surface area contributed by atoms with Crippen LogP contribution in [0.25, 0.3) is 0 Å². The highest BCUT2D eigenvalue weighted by Gasteiger charge is 2.26. The van der Waals surface area contributed by atoms with Crippen LogP contribution in [0, 0.1) is 6.92 Å². The van der Waals surface area contributed by atoms with Crippen molar-refractivity contribution in [2.75, 3.05) is 5.75 Å². The minimum Gasteiger partial charge on any atom is -0.271 e. The molecule has 0 amide bonds. The molecule has 1 aromatic rings. The summed E-state index contributed by atoms with van der Waals surface area (Å²) in [5, 5.41) is 0. The maximum atomic E-state index is 12.0. The first-order valence-corrected chi connectivity index (χ1v) is 7.11. The van der Waals surface area contributed by atoms with E-state index < -0.39 is 12.6 Å². The van der Waals surface area contributed by atoms with E-state index in [-0.39, 0.29) is 12.5 Å². The second-order valence-electron chi connectivity index (χ2n) is 4.50. The molecule has 0 fully saturated rings.